The number of hydrogen-bond acceptors (Lipinski definition) is 5. The fourth-order valence-corrected chi connectivity index (χ4v) is 3.62. The smallest absolute Gasteiger partial charge is 0.475 e. The highest BCUT2D eigenvalue weighted by atomic mass is 32.1. The molecule has 1 fully saturated rings. The van der Waals surface area contributed by atoms with Crippen LogP contribution >= 0.6 is 11.3 Å². The van der Waals surface area contributed by atoms with Crippen LogP contribution in [0.4, 0.5) is 13.2 Å². The lowest BCUT2D eigenvalue weighted by molar-refractivity contribution is -0.192. The maximum absolute atomic E-state index is 11.8. The third-order valence-electron chi connectivity index (χ3n) is 4.65. The summed E-state index contributed by atoms with van der Waals surface area (Å²) in [6, 6.07) is 2.19. The van der Waals surface area contributed by atoms with Crippen LogP contribution in [0.25, 0.3) is 0 Å². The summed E-state index contributed by atoms with van der Waals surface area (Å²) >= 11 is 1.75. The summed E-state index contributed by atoms with van der Waals surface area (Å²) in [5.74, 6) is -1.18. The Balaban J connectivity index is 0.000000298. The van der Waals surface area contributed by atoms with E-state index in [2.05, 4.69) is 36.6 Å². The number of carbonyl (C=O) groups is 2. The van der Waals surface area contributed by atoms with Crippen LogP contribution < -0.4 is 5.32 Å². The molecule has 29 heavy (non-hydrogen) atoms. The van der Waals surface area contributed by atoms with E-state index in [1.807, 2.05) is 6.20 Å². The number of halogens is 3. The van der Waals surface area contributed by atoms with Crippen LogP contribution in [0.2, 0.25) is 0 Å². The van der Waals surface area contributed by atoms with Crippen molar-refractivity contribution in [3.8, 4) is 0 Å². The van der Waals surface area contributed by atoms with E-state index in [0.717, 1.165) is 50.5 Å². The summed E-state index contributed by atoms with van der Waals surface area (Å²) < 4.78 is 34.0. The lowest BCUT2D eigenvalue weighted by atomic mass is 10.2. The topological polar surface area (TPSA) is 87.5 Å². The number of aromatic nitrogens is 2. The maximum atomic E-state index is 11.8. The van der Waals surface area contributed by atoms with Crippen LogP contribution in [0.15, 0.2) is 23.0 Å². The van der Waals surface area contributed by atoms with Gasteiger partial charge in [-0.3, -0.25) is 9.69 Å². The largest absolute Gasteiger partial charge is 0.490 e. The number of amides is 1. The molecular weight excluding hydrogens is 409 g/mol. The number of imidazole rings is 1. The number of carboxylic acid groups (broad SMARTS) is 1. The first-order valence-corrected chi connectivity index (χ1v) is 10.0. The second-order valence-electron chi connectivity index (χ2n) is 6.95. The average Bonchev–Trinajstić information content (AvgIpc) is 3.25. The van der Waals surface area contributed by atoms with Gasteiger partial charge in [-0.1, -0.05) is 0 Å². The number of hydrogen-bond donors (Lipinski definition) is 2. The molecule has 1 aliphatic heterocycles. The number of alkyl halides is 3. The van der Waals surface area contributed by atoms with Gasteiger partial charge in [-0.05, 0) is 35.2 Å². The lowest BCUT2D eigenvalue weighted by Crippen LogP contribution is -2.34. The molecule has 1 amide bonds. The van der Waals surface area contributed by atoms with Gasteiger partial charge in [-0.15, -0.1) is 0 Å². The van der Waals surface area contributed by atoms with Gasteiger partial charge in [0.2, 0.25) is 5.91 Å². The van der Waals surface area contributed by atoms with Crippen molar-refractivity contribution in [2.75, 3.05) is 6.54 Å². The Bertz CT molecular complexity index is 847. The number of fused-ring (bicyclic) bond motifs is 1. The first-order valence-electron chi connectivity index (χ1n) is 9.08. The summed E-state index contributed by atoms with van der Waals surface area (Å²) in [5, 5.41) is 14.5. The van der Waals surface area contributed by atoms with Gasteiger partial charge in [0.05, 0.1) is 25.0 Å². The average molecular weight is 430 g/mol. The summed E-state index contributed by atoms with van der Waals surface area (Å²) in [6.45, 7) is 4.46. The van der Waals surface area contributed by atoms with Crippen molar-refractivity contribution in [3.05, 3.63) is 40.1 Å². The summed E-state index contributed by atoms with van der Waals surface area (Å²) in [4.78, 5) is 27.6. The Labute approximate surface area is 169 Å². The van der Waals surface area contributed by atoms with Crippen molar-refractivity contribution >= 4 is 23.2 Å². The Hall–Kier alpha value is -2.40. The van der Waals surface area contributed by atoms with E-state index in [1.165, 1.54) is 5.56 Å². The quantitative estimate of drug-likeness (QED) is 0.762. The minimum Gasteiger partial charge on any atom is -0.475 e. The molecule has 4 rings (SSSR count). The molecular formula is C18H21F3N4O3S. The number of aliphatic carboxylic acids is 1. The lowest BCUT2D eigenvalue weighted by Gasteiger charge is -2.28. The number of thiophene rings is 1. The minimum atomic E-state index is -5.08. The summed E-state index contributed by atoms with van der Waals surface area (Å²) in [6.07, 6.45) is -1.07. The molecule has 1 saturated carbocycles. The van der Waals surface area contributed by atoms with Gasteiger partial charge in [-0.2, -0.15) is 24.5 Å². The fraction of sp³-hybridized carbons (Fsp3) is 0.500. The molecule has 158 valence electrons. The van der Waals surface area contributed by atoms with Gasteiger partial charge in [0, 0.05) is 25.6 Å². The summed E-state index contributed by atoms with van der Waals surface area (Å²) in [7, 11) is 0. The third kappa shape index (κ3) is 6.04. The molecule has 1 aliphatic carbocycles. The number of carbonyl (C=O) groups excluding carboxylic acids is 1. The number of rotatable bonds is 5. The van der Waals surface area contributed by atoms with Crippen LogP contribution in [-0.2, 0) is 35.8 Å². The zero-order valence-electron chi connectivity index (χ0n) is 15.5. The van der Waals surface area contributed by atoms with Gasteiger partial charge < -0.3 is 15.0 Å². The van der Waals surface area contributed by atoms with Gasteiger partial charge in [0.25, 0.3) is 0 Å². The normalized spacial score (nSPS) is 16.5. The third-order valence-corrected chi connectivity index (χ3v) is 5.38. The molecule has 0 unspecified atom stereocenters. The van der Waals surface area contributed by atoms with Crippen molar-refractivity contribution in [2.45, 2.75) is 45.2 Å². The predicted octanol–water partition coefficient (Wildman–Crippen LogP) is 2.62. The van der Waals surface area contributed by atoms with Crippen molar-refractivity contribution in [2.24, 2.45) is 5.92 Å². The van der Waals surface area contributed by atoms with Gasteiger partial charge >= 0.3 is 12.1 Å². The highest BCUT2D eigenvalue weighted by Gasteiger charge is 2.38. The first-order chi connectivity index (χ1) is 13.7. The number of nitrogens with zero attached hydrogens (tertiary/aromatic N) is 3. The Morgan fingerprint density at radius 3 is 2.62 bits per heavy atom. The van der Waals surface area contributed by atoms with Gasteiger partial charge in [0.1, 0.15) is 5.82 Å². The standard InChI is InChI=1S/C16H20N4OS.C2HF3O2/c21-16(13-1-2-13)18-8-14-7-17-15-10-19(4-5-20(14)15)9-12-3-6-22-11-12;3-2(4,5)1(6)7/h3,6-7,11,13H,1-2,4-5,8-10H2,(H,18,21);(H,6,7). The highest BCUT2D eigenvalue weighted by Crippen LogP contribution is 2.28. The Morgan fingerprint density at radius 1 is 1.31 bits per heavy atom. The van der Waals surface area contributed by atoms with Crippen LogP contribution in [0, 0.1) is 5.92 Å². The molecule has 0 bridgehead atoms. The first kappa shape index (κ1) is 21.3. The molecule has 7 nitrogen and oxygen atoms in total. The number of nitrogens with one attached hydrogen (secondary N) is 1. The van der Waals surface area contributed by atoms with E-state index in [1.54, 1.807) is 11.3 Å². The van der Waals surface area contributed by atoms with Crippen LogP contribution in [0.1, 0.15) is 29.9 Å². The van der Waals surface area contributed by atoms with Crippen molar-refractivity contribution < 1.29 is 27.9 Å². The van der Waals surface area contributed by atoms with Crippen LogP contribution in [0.3, 0.4) is 0 Å². The van der Waals surface area contributed by atoms with Crippen molar-refractivity contribution in [3.63, 3.8) is 0 Å². The zero-order chi connectivity index (χ0) is 21.0. The second kappa shape index (κ2) is 8.95. The molecule has 0 saturated heterocycles. The van der Waals surface area contributed by atoms with E-state index in [4.69, 9.17) is 9.90 Å². The van der Waals surface area contributed by atoms with E-state index in [-0.39, 0.29) is 11.8 Å². The molecule has 0 radical (unpaired) electrons. The molecule has 11 heteroatoms. The second-order valence-corrected chi connectivity index (χ2v) is 7.73. The van der Waals surface area contributed by atoms with Crippen molar-refractivity contribution in [1.82, 2.24) is 19.8 Å². The SMILES string of the molecule is O=C(NCc1cnc2n1CCN(Cc1ccsc1)C2)C1CC1.O=C(O)C(F)(F)F. The molecule has 0 spiro atoms. The molecule has 2 N–H and O–H groups in total. The minimum absolute atomic E-state index is 0.199. The highest BCUT2D eigenvalue weighted by molar-refractivity contribution is 7.07. The van der Waals surface area contributed by atoms with Crippen molar-refractivity contribution in [1.29, 1.82) is 0 Å². The van der Waals surface area contributed by atoms with E-state index >= 15 is 0 Å². The molecule has 2 aromatic rings. The zero-order valence-corrected chi connectivity index (χ0v) is 16.3. The van der Waals surface area contributed by atoms with E-state index in [0.29, 0.717) is 6.54 Å². The Kier molecular flexibility index (Phi) is 6.58. The van der Waals surface area contributed by atoms with Gasteiger partial charge in [0.15, 0.2) is 0 Å². The molecule has 2 aromatic heterocycles. The monoisotopic (exact) mass is 430 g/mol. The van der Waals surface area contributed by atoms with E-state index in [9.17, 15) is 18.0 Å². The van der Waals surface area contributed by atoms with Gasteiger partial charge in [-0.25, -0.2) is 9.78 Å². The molecule has 3 heterocycles. The maximum Gasteiger partial charge on any atom is 0.490 e. The van der Waals surface area contributed by atoms with Crippen LogP contribution in [0.5, 0.6) is 0 Å². The predicted molar refractivity (Wildman–Crippen MR) is 98.9 cm³/mol. The summed E-state index contributed by atoms with van der Waals surface area (Å²) in [5.41, 5.74) is 2.50. The molecule has 0 atom stereocenters. The fourth-order valence-electron chi connectivity index (χ4n) is 2.96. The Morgan fingerprint density at radius 2 is 2.03 bits per heavy atom. The molecule has 0 aromatic carbocycles. The van der Waals surface area contributed by atoms with Crippen LogP contribution in [-0.4, -0.2) is 44.2 Å². The number of carboxylic acids is 1. The van der Waals surface area contributed by atoms with E-state index < -0.39 is 12.1 Å². The molecule has 2 aliphatic rings.